The molecule has 4 heteroatoms. The van der Waals surface area contributed by atoms with Crippen molar-refractivity contribution in [1.82, 2.24) is 0 Å². The fraction of sp³-hybridized carbons (Fsp3) is 1.00. The van der Waals surface area contributed by atoms with Crippen molar-refractivity contribution < 1.29 is 19.6 Å². The van der Waals surface area contributed by atoms with Gasteiger partial charge in [0.2, 0.25) is 11.6 Å². The van der Waals surface area contributed by atoms with Gasteiger partial charge in [0.05, 0.1) is 0 Å². The van der Waals surface area contributed by atoms with E-state index in [9.17, 15) is 0 Å². The molecule has 0 aromatic carbocycles. The zero-order valence-electron chi connectivity index (χ0n) is 7.34. The van der Waals surface area contributed by atoms with E-state index in [1.165, 1.54) is 0 Å². The molecule has 0 saturated carbocycles. The van der Waals surface area contributed by atoms with Crippen molar-refractivity contribution in [2.75, 3.05) is 0 Å². The lowest BCUT2D eigenvalue weighted by atomic mass is 10.2. The van der Waals surface area contributed by atoms with E-state index in [4.69, 9.17) is 19.6 Å². The molecule has 4 nitrogen and oxygen atoms in total. The lowest BCUT2D eigenvalue weighted by molar-refractivity contribution is -0.647. The first-order valence-electron chi connectivity index (χ1n) is 3.71. The van der Waals surface area contributed by atoms with Gasteiger partial charge in [0.1, 0.15) is 0 Å². The Morgan fingerprint density at radius 1 is 0.909 bits per heavy atom. The smallest absolute Gasteiger partial charge is 0.195 e. The lowest BCUT2D eigenvalue weighted by Crippen LogP contribution is -2.45. The minimum atomic E-state index is -0.811. The van der Waals surface area contributed by atoms with Crippen LogP contribution in [0.15, 0.2) is 0 Å². The lowest BCUT2D eigenvalue weighted by Gasteiger charge is -2.37. The minimum Gasteiger partial charge on any atom is -0.195 e. The molecule has 66 valence electrons. The number of rotatable bonds is 1. The van der Waals surface area contributed by atoms with Crippen LogP contribution < -0.4 is 0 Å². The van der Waals surface area contributed by atoms with E-state index in [-0.39, 0.29) is 0 Å². The van der Waals surface area contributed by atoms with Crippen LogP contribution in [-0.2, 0) is 19.6 Å². The maximum Gasteiger partial charge on any atom is 0.231 e. The molecule has 1 aliphatic rings. The van der Waals surface area contributed by atoms with Crippen LogP contribution in [0.3, 0.4) is 0 Å². The van der Waals surface area contributed by atoms with Gasteiger partial charge < -0.3 is 0 Å². The van der Waals surface area contributed by atoms with E-state index in [1.807, 2.05) is 6.92 Å². The van der Waals surface area contributed by atoms with Crippen molar-refractivity contribution in [2.45, 2.75) is 45.7 Å². The molecule has 0 aromatic rings. The van der Waals surface area contributed by atoms with Crippen molar-refractivity contribution in [3.05, 3.63) is 0 Å². The Labute approximate surface area is 66.2 Å². The fourth-order valence-corrected chi connectivity index (χ4v) is 0.523. The van der Waals surface area contributed by atoms with Crippen molar-refractivity contribution >= 4 is 0 Å². The first-order valence-corrected chi connectivity index (χ1v) is 3.71. The van der Waals surface area contributed by atoms with E-state index < -0.39 is 11.6 Å². The highest BCUT2D eigenvalue weighted by Gasteiger charge is 2.39. The largest absolute Gasteiger partial charge is 0.231 e. The van der Waals surface area contributed by atoms with Crippen LogP contribution in [0.2, 0.25) is 0 Å². The molecule has 11 heavy (non-hydrogen) atoms. The van der Waals surface area contributed by atoms with Gasteiger partial charge in [-0.1, -0.05) is 6.92 Å². The Morgan fingerprint density at radius 3 is 1.73 bits per heavy atom. The Hall–Kier alpha value is -0.160. The van der Waals surface area contributed by atoms with Crippen LogP contribution >= 0.6 is 0 Å². The second kappa shape index (κ2) is 2.71. The Balaban J connectivity index is 2.48. The highest BCUT2D eigenvalue weighted by atomic mass is 17.4. The molecular formula is C7H14O4. The van der Waals surface area contributed by atoms with Crippen LogP contribution in [0.4, 0.5) is 0 Å². The van der Waals surface area contributed by atoms with Crippen molar-refractivity contribution in [3.8, 4) is 0 Å². The maximum absolute atomic E-state index is 4.98. The predicted molar refractivity (Wildman–Crippen MR) is 37.1 cm³/mol. The second-order valence-electron chi connectivity index (χ2n) is 3.22. The number of hydrogen-bond acceptors (Lipinski definition) is 4. The summed E-state index contributed by atoms with van der Waals surface area (Å²) in [6, 6.07) is 0. The van der Waals surface area contributed by atoms with Crippen LogP contribution in [-0.4, -0.2) is 11.6 Å². The van der Waals surface area contributed by atoms with E-state index in [1.54, 1.807) is 20.8 Å². The highest BCUT2D eigenvalue weighted by molar-refractivity contribution is 4.59. The van der Waals surface area contributed by atoms with E-state index in [0.29, 0.717) is 6.42 Å². The minimum absolute atomic E-state index is 0.670. The van der Waals surface area contributed by atoms with Crippen molar-refractivity contribution in [2.24, 2.45) is 0 Å². The number of hydrogen-bond donors (Lipinski definition) is 0. The van der Waals surface area contributed by atoms with Gasteiger partial charge >= 0.3 is 0 Å². The van der Waals surface area contributed by atoms with Crippen molar-refractivity contribution in [1.29, 1.82) is 0 Å². The van der Waals surface area contributed by atoms with Crippen LogP contribution in [0, 0.1) is 0 Å². The van der Waals surface area contributed by atoms with Gasteiger partial charge in [0.25, 0.3) is 0 Å². The normalized spacial score (nSPS) is 28.4. The summed E-state index contributed by atoms with van der Waals surface area (Å²) in [4.78, 5) is 19.8. The van der Waals surface area contributed by atoms with E-state index >= 15 is 0 Å². The molecular weight excluding hydrogens is 148 g/mol. The van der Waals surface area contributed by atoms with Crippen molar-refractivity contribution in [3.63, 3.8) is 0 Å². The van der Waals surface area contributed by atoms with Gasteiger partial charge in [-0.15, -0.1) is 0 Å². The predicted octanol–water partition coefficient (Wildman–Crippen LogP) is 1.76. The summed E-state index contributed by atoms with van der Waals surface area (Å²) in [5, 5.41) is 0. The molecule has 0 unspecified atom stereocenters. The molecule has 0 bridgehead atoms. The third-order valence-electron chi connectivity index (χ3n) is 1.48. The first-order chi connectivity index (χ1) is 4.97. The first kappa shape index (κ1) is 8.93. The zero-order chi connectivity index (χ0) is 8.54. The fourth-order valence-electron chi connectivity index (χ4n) is 0.523. The molecule has 0 radical (unpaired) electrons. The van der Waals surface area contributed by atoms with E-state index in [0.717, 1.165) is 0 Å². The third kappa shape index (κ3) is 2.13. The van der Waals surface area contributed by atoms with Gasteiger partial charge in [-0.05, 0) is 20.8 Å². The van der Waals surface area contributed by atoms with Gasteiger partial charge in [-0.25, -0.2) is 0 Å². The molecule has 0 N–H and O–H groups in total. The van der Waals surface area contributed by atoms with Gasteiger partial charge in [-0.2, -0.15) is 19.6 Å². The summed E-state index contributed by atoms with van der Waals surface area (Å²) < 4.78 is 0. The SMILES string of the molecule is CCC1(C)OOC(C)(C)OO1. The standard InChI is InChI=1S/C7H14O4/c1-5-7(4)10-8-6(2,3)9-11-7/h5H2,1-4H3. The average molecular weight is 162 g/mol. The second-order valence-corrected chi connectivity index (χ2v) is 3.22. The summed E-state index contributed by atoms with van der Waals surface area (Å²) in [5.74, 6) is -1.58. The van der Waals surface area contributed by atoms with Crippen LogP contribution in [0.5, 0.6) is 0 Å². The molecule has 0 aliphatic carbocycles. The zero-order valence-corrected chi connectivity index (χ0v) is 7.34. The molecule has 0 spiro atoms. The maximum atomic E-state index is 4.98. The molecule has 1 saturated heterocycles. The summed E-state index contributed by atoms with van der Waals surface area (Å²) in [7, 11) is 0. The summed E-state index contributed by atoms with van der Waals surface area (Å²) in [5.41, 5.74) is 0. The monoisotopic (exact) mass is 162 g/mol. The van der Waals surface area contributed by atoms with Crippen LogP contribution in [0.1, 0.15) is 34.1 Å². The molecule has 1 fully saturated rings. The summed E-state index contributed by atoms with van der Waals surface area (Å²) >= 11 is 0. The molecule has 0 aromatic heterocycles. The molecule has 0 amide bonds. The van der Waals surface area contributed by atoms with Crippen LogP contribution in [0.25, 0.3) is 0 Å². The van der Waals surface area contributed by atoms with Gasteiger partial charge in [-0.3, -0.25) is 0 Å². The Bertz CT molecular complexity index is 133. The highest BCUT2D eigenvalue weighted by Crippen LogP contribution is 2.29. The summed E-state index contributed by atoms with van der Waals surface area (Å²) in [6.45, 7) is 7.10. The molecule has 1 rings (SSSR count). The average Bonchev–Trinajstić information content (AvgIpc) is 1.97. The molecule has 1 aliphatic heterocycles. The topological polar surface area (TPSA) is 36.9 Å². The third-order valence-corrected chi connectivity index (χ3v) is 1.48. The summed E-state index contributed by atoms with van der Waals surface area (Å²) in [6.07, 6.45) is 0.670. The Kier molecular flexibility index (Phi) is 2.20. The van der Waals surface area contributed by atoms with Gasteiger partial charge in [0, 0.05) is 6.42 Å². The van der Waals surface area contributed by atoms with E-state index in [2.05, 4.69) is 0 Å². The Morgan fingerprint density at radius 2 is 1.36 bits per heavy atom. The quantitative estimate of drug-likeness (QED) is 0.550. The molecule has 0 atom stereocenters. The van der Waals surface area contributed by atoms with Gasteiger partial charge in [0.15, 0.2) is 0 Å². The molecule has 1 heterocycles.